The maximum atomic E-state index is 13.7. The van der Waals surface area contributed by atoms with Gasteiger partial charge in [-0.2, -0.15) is 0 Å². The molecule has 0 spiro atoms. The summed E-state index contributed by atoms with van der Waals surface area (Å²) in [5.41, 5.74) is 1.82. The van der Waals surface area contributed by atoms with Crippen molar-refractivity contribution in [3.05, 3.63) is 35.1 Å². The largest absolute Gasteiger partial charge is 0.313 e. The Hall–Kier alpha value is -0.890. The molecular formula is C16H24FN. The second-order valence-electron chi connectivity index (χ2n) is 5.81. The van der Waals surface area contributed by atoms with Gasteiger partial charge in [0.05, 0.1) is 0 Å². The van der Waals surface area contributed by atoms with E-state index in [1.807, 2.05) is 20.0 Å². The fraction of sp³-hybridized carbons (Fsp3) is 0.625. The summed E-state index contributed by atoms with van der Waals surface area (Å²) < 4.78 is 13.7. The van der Waals surface area contributed by atoms with Gasteiger partial charge in [0.2, 0.25) is 0 Å². The molecule has 1 aliphatic carbocycles. The molecule has 1 aromatic rings. The van der Waals surface area contributed by atoms with Crippen molar-refractivity contribution in [2.45, 2.75) is 45.6 Å². The van der Waals surface area contributed by atoms with Gasteiger partial charge in [0.25, 0.3) is 0 Å². The fourth-order valence-corrected chi connectivity index (χ4v) is 3.26. The first-order valence-corrected chi connectivity index (χ1v) is 7.05. The summed E-state index contributed by atoms with van der Waals surface area (Å²) in [6.07, 6.45) is 5.15. The van der Waals surface area contributed by atoms with Gasteiger partial charge < -0.3 is 5.32 Å². The van der Waals surface area contributed by atoms with Gasteiger partial charge in [-0.1, -0.05) is 31.9 Å². The van der Waals surface area contributed by atoms with Crippen molar-refractivity contribution in [3.8, 4) is 0 Å². The lowest BCUT2D eigenvalue weighted by Crippen LogP contribution is -2.29. The van der Waals surface area contributed by atoms with Crippen LogP contribution in [-0.2, 0) is 0 Å². The van der Waals surface area contributed by atoms with Gasteiger partial charge in [-0.25, -0.2) is 4.39 Å². The molecule has 1 aromatic carbocycles. The van der Waals surface area contributed by atoms with Gasteiger partial charge in [-0.05, 0) is 55.8 Å². The molecular weight excluding hydrogens is 225 g/mol. The van der Waals surface area contributed by atoms with Crippen LogP contribution >= 0.6 is 0 Å². The van der Waals surface area contributed by atoms with Crippen LogP contribution in [0.15, 0.2) is 18.2 Å². The zero-order chi connectivity index (χ0) is 13.1. The van der Waals surface area contributed by atoms with Crippen LogP contribution < -0.4 is 5.32 Å². The molecule has 0 amide bonds. The highest BCUT2D eigenvalue weighted by molar-refractivity contribution is 5.26. The normalized spacial score (nSPS) is 26.0. The van der Waals surface area contributed by atoms with E-state index in [2.05, 4.69) is 18.3 Å². The number of hydrogen-bond acceptors (Lipinski definition) is 1. The molecule has 100 valence electrons. The Morgan fingerprint density at radius 1 is 1.33 bits per heavy atom. The minimum absolute atomic E-state index is 0.0865. The van der Waals surface area contributed by atoms with E-state index in [1.165, 1.54) is 25.7 Å². The van der Waals surface area contributed by atoms with Crippen LogP contribution in [-0.4, -0.2) is 7.05 Å². The summed E-state index contributed by atoms with van der Waals surface area (Å²) in [6.45, 7) is 4.14. The van der Waals surface area contributed by atoms with E-state index >= 15 is 0 Å². The van der Waals surface area contributed by atoms with Crippen LogP contribution in [0.2, 0.25) is 0 Å². The first kappa shape index (κ1) is 13.5. The Labute approximate surface area is 110 Å². The molecule has 1 fully saturated rings. The number of aryl methyl sites for hydroxylation is 1. The third-order valence-corrected chi connectivity index (χ3v) is 4.31. The molecule has 2 heteroatoms. The van der Waals surface area contributed by atoms with Crippen LogP contribution in [0, 0.1) is 24.6 Å². The summed E-state index contributed by atoms with van der Waals surface area (Å²) >= 11 is 0. The second kappa shape index (κ2) is 5.83. The maximum Gasteiger partial charge on any atom is 0.126 e. The van der Waals surface area contributed by atoms with E-state index in [-0.39, 0.29) is 5.82 Å². The molecule has 3 unspecified atom stereocenters. The van der Waals surface area contributed by atoms with Crippen molar-refractivity contribution < 1.29 is 4.39 Å². The lowest BCUT2D eigenvalue weighted by Gasteiger charge is -2.33. The fourth-order valence-electron chi connectivity index (χ4n) is 3.26. The van der Waals surface area contributed by atoms with Crippen LogP contribution in [0.1, 0.15) is 49.8 Å². The van der Waals surface area contributed by atoms with Crippen molar-refractivity contribution in [2.75, 3.05) is 7.05 Å². The molecule has 0 heterocycles. The number of rotatable bonds is 3. The van der Waals surface area contributed by atoms with Crippen LogP contribution in [0.4, 0.5) is 4.39 Å². The molecule has 1 saturated carbocycles. The second-order valence-corrected chi connectivity index (χ2v) is 5.81. The lowest BCUT2D eigenvalue weighted by molar-refractivity contribution is 0.229. The Balaban J connectivity index is 2.18. The van der Waals surface area contributed by atoms with Crippen molar-refractivity contribution in [3.63, 3.8) is 0 Å². The van der Waals surface area contributed by atoms with E-state index in [4.69, 9.17) is 0 Å². The van der Waals surface area contributed by atoms with Gasteiger partial charge in [-0.15, -0.1) is 0 Å². The zero-order valence-electron chi connectivity index (χ0n) is 11.7. The summed E-state index contributed by atoms with van der Waals surface area (Å²) in [4.78, 5) is 0. The smallest absolute Gasteiger partial charge is 0.126 e. The van der Waals surface area contributed by atoms with Gasteiger partial charge in [-0.3, -0.25) is 0 Å². The number of benzene rings is 1. The quantitative estimate of drug-likeness (QED) is 0.845. The molecule has 2 rings (SSSR count). The molecule has 0 radical (unpaired) electrons. The predicted molar refractivity (Wildman–Crippen MR) is 74.1 cm³/mol. The third kappa shape index (κ3) is 2.92. The van der Waals surface area contributed by atoms with Crippen LogP contribution in [0.5, 0.6) is 0 Å². The van der Waals surface area contributed by atoms with E-state index in [9.17, 15) is 4.39 Å². The molecule has 3 atom stereocenters. The van der Waals surface area contributed by atoms with E-state index in [0.29, 0.717) is 12.0 Å². The minimum atomic E-state index is -0.0865. The number of halogens is 1. The SMILES string of the molecule is CNC(c1ccc(C)c(F)c1)C1CCCC(C)C1. The molecule has 0 bridgehead atoms. The summed E-state index contributed by atoms with van der Waals surface area (Å²) in [5, 5.41) is 3.39. The third-order valence-electron chi connectivity index (χ3n) is 4.31. The Kier molecular flexibility index (Phi) is 4.39. The first-order valence-electron chi connectivity index (χ1n) is 7.05. The Morgan fingerprint density at radius 2 is 2.11 bits per heavy atom. The Bertz CT molecular complexity index is 402. The van der Waals surface area contributed by atoms with Crippen molar-refractivity contribution in [1.29, 1.82) is 0 Å². The summed E-state index contributed by atoms with van der Waals surface area (Å²) in [7, 11) is 1.99. The molecule has 0 saturated heterocycles. The van der Waals surface area contributed by atoms with Crippen molar-refractivity contribution in [1.82, 2.24) is 5.32 Å². The van der Waals surface area contributed by atoms with Gasteiger partial charge in [0.1, 0.15) is 5.82 Å². The topological polar surface area (TPSA) is 12.0 Å². The van der Waals surface area contributed by atoms with Gasteiger partial charge in [0, 0.05) is 6.04 Å². The lowest BCUT2D eigenvalue weighted by atomic mass is 9.76. The highest BCUT2D eigenvalue weighted by Crippen LogP contribution is 2.37. The van der Waals surface area contributed by atoms with Crippen molar-refractivity contribution in [2.24, 2.45) is 11.8 Å². The maximum absolute atomic E-state index is 13.7. The number of hydrogen-bond donors (Lipinski definition) is 1. The van der Waals surface area contributed by atoms with Crippen molar-refractivity contribution >= 4 is 0 Å². The molecule has 1 nitrogen and oxygen atoms in total. The summed E-state index contributed by atoms with van der Waals surface area (Å²) in [5.74, 6) is 1.35. The molecule has 0 aromatic heterocycles. The average molecular weight is 249 g/mol. The Morgan fingerprint density at radius 3 is 2.72 bits per heavy atom. The van der Waals surface area contributed by atoms with Crippen LogP contribution in [0.25, 0.3) is 0 Å². The predicted octanol–water partition coefficient (Wildman–Crippen LogP) is 4.22. The molecule has 18 heavy (non-hydrogen) atoms. The standard InChI is InChI=1S/C16H24FN/c1-11-5-4-6-13(9-11)16(18-3)14-8-7-12(2)15(17)10-14/h7-8,10-11,13,16,18H,4-6,9H2,1-3H3. The van der Waals surface area contributed by atoms with E-state index < -0.39 is 0 Å². The highest BCUT2D eigenvalue weighted by atomic mass is 19.1. The van der Waals surface area contributed by atoms with E-state index in [0.717, 1.165) is 17.0 Å². The highest BCUT2D eigenvalue weighted by Gasteiger charge is 2.27. The van der Waals surface area contributed by atoms with Gasteiger partial charge >= 0.3 is 0 Å². The zero-order valence-corrected chi connectivity index (χ0v) is 11.7. The average Bonchev–Trinajstić information content (AvgIpc) is 2.35. The van der Waals surface area contributed by atoms with Crippen LogP contribution in [0.3, 0.4) is 0 Å². The molecule has 0 aliphatic heterocycles. The van der Waals surface area contributed by atoms with Gasteiger partial charge in [0.15, 0.2) is 0 Å². The first-order chi connectivity index (χ1) is 8.61. The summed E-state index contributed by atoms with van der Waals surface area (Å²) in [6, 6.07) is 5.96. The monoisotopic (exact) mass is 249 g/mol. The molecule has 1 aliphatic rings. The number of nitrogens with one attached hydrogen (secondary N) is 1. The molecule has 1 N–H and O–H groups in total. The van der Waals surface area contributed by atoms with E-state index in [1.54, 1.807) is 6.07 Å². The minimum Gasteiger partial charge on any atom is -0.313 e.